The molecule has 1 aliphatic rings. The van der Waals surface area contributed by atoms with Crippen LogP contribution in [-0.4, -0.2) is 71.8 Å². The van der Waals surface area contributed by atoms with Crippen molar-refractivity contribution in [2.24, 2.45) is 0 Å². The molecule has 4 aromatic heterocycles. The van der Waals surface area contributed by atoms with Crippen LogP contribution in [0.2, 0.25) is 0 Å². The largest absolute Gasteiger partial charge is 0.314 e. The Labute approximate surface area is 175 Å². The highest BCUT2D eigenvalue weighted by molar-refractivity contribution is 5.78. The molecule has 9 heteroatoms. The zero-order valence-electron chi connectivity index (χ0n) is 17.4. The van der Waals surface area contributed by atoms with Crippen molar-refractivity contribution in [1.82, 2.24) is 44.4 Å². The van der Waals surface area contributed by atoms with Crippen LogP contribution in [0, 0.1) is 0 Å². The molecule has 5 heterocycles. The van der Waals surface area contributed by atoms with E-state index in [9.17, 15) is 0 Å². The molecule has 0 aliphatic carbocycles. The second kappa shape index (κ2) is 8.00. The molecule has 30 heavy (non-hydrogen) atoms. The molecule has 0 spiro atoms. The van der Waals surface area contributed by atoms with Gasteiger partial charge in [-0.2, -0.15) is 15.3 Å². The van der Waals surface area contributed by atoms with E-state index in [4.69, 9.17) is 4.98 Å². The fourth-order valence-corrected chi connectivity index (χ4v) is 3.82. The van der Waals surface area contributed by atoms with Crippen molar-refractivity contribution < 1.29 is 0 Å². The van der Waals surface area contributed by atoms with Crippen LogP contribution >= 0.6 is 0 Å². The van der Waals surface area contributed by atoms with Crippen LogP contribution in [0.1, 0.15) is 19.9 Å². The van der Waals surface area contributed by atoms with Gasteiger partial charge in [-0.05, 0) is 19.9 Å². The smallest absolute Gasteiger partial charge is 0.0999 e. The summed E-state index contributed by atoms with van der Waals surface area (Å²) in [7, 11) is 0. The third kappa shape index (κ3) is 3.73. The average Bonchev–Trinajstić information content (AvgIpc) is 3.52. The molecule has 0 unspecified atom stereocenters. The van der Waals surface area contributed by atoms with E-state index >= 15 is 0 Å². The summed E-state index contributed by atoms with van der Waals surface area (Å²) in [5.41, 5.74) is 4.68. The molecule has 1 saturated heterocycles. The number of fused-ring (bicyclic) bond motifs is 1. The van der Waals surface area contributed by atoms with Gasteiger partial charge in [0.15, 0.2) is 0 Å². The topological polar surface area (TPSA) is 81.1 Å². The molecule has 1 N–H and O–H groups in total. The van der Waals surface area contributed by atoms with Crippen LogP contribution < -0.4 is 5.32 Å². The summed E-state index contributed by atoms with van der Waals surface area (Å²) >= 11 is 0. The van der Waals surface area contributed by atoms with E-state index in [1.807, 2.05) is 44.7 Å². The predicted octanol–water partition coefficient (Wildman–Crippen LogP) is 1.94. The minimum absolute atomic E-state index is 0.303. The molecule has 0 radical (unpaired) electrons. The molecule has 156 valence electrons. The number of piperazine rings is 1. The fourth-order valence-electron chi connectivity index (χ4n) is 3.82. The summed E-state index contributed by atoms with van der Waals surface area (Å²) in [6.07, 6.45) is 11.6. The van der Waals surface area contributed by atoms with E-state index in [2.05, 4.69) is 45.6 Å². The average molecular weight is 406 g/mol. The van der Waals surface area contributed by atoms with Crippen molar-refractivity contribution in [1.29, 1.82) is 0 Å². The second-order valence-corrected chi connectivity index (χ2v) is 8.02. The van der Waals surface area contributed by atoms with E-state index < -0.39 is 0 Å². The Bertz CT molecular complexity index is 1130. The van der Waals surface area contributed by atoms with Crippen molar-refractivity contribution in [3.63, 3.8) is 0 Å². The van der Waals surface area contributed by atoms with Gasteiger partial charge in [0.25, 0.3) is 0 Å². The van der Waals surface area contributed by atoms with Crippen molar-refractivity contribution in [2.45, 2.75) is 26.4 Å². The number of hydrogen-bond donors (Lipinski definition) is 1. The summed E-state index contributed by atoms with van der Waals surface area (Å²) in [6, 6.07) is 2.28. The number of nitrogens with zero attached hydrogens (tertiary/aromatic N) is 8. The monoisotopic (exact) mass is 405 g/mol. The van der Waals surface area contributed by atoms with Crippen molar-refractivity contribution >= 4 is 5.52 Å². The number of rotatable bonds is 6. The maximum atomic E-state index is 4.96. The number of aromatic nitrogens is 7. The Morgan fingerprint density at radius 2 is 1.80 bits per heavy atom. The van der Waals surface area contributed by atoms with Crippen molar-refractivity contribution in [3.8, 4) is 22.5 Å². The summed E-state index contributed by atoms with van der Waals surface area (Å²) in [6.45, 7) is 10.4. The molecular formula is C21H27N9. The third-order valence-electron chi connectivity index (χ3n) is 5.58. The van der Waals surface area contributed by atoms with Gasteiger partial charge in [0.1, 0.15) is 0 Å². The Morgan fingerprint density at radius 3 is 2.60 bits per heavy atom. The highest BCUT2D eigenvalue weighted by Gasteiger charge is 2.15. The molecule has 1 aliphatic heterocycles. The molecule has 0 bridgehead atoms. The van der Waals surface area contributed by atoms with Crippen molar-refractivity contribution in [3.05, 3.63) is 43.2 Å². The van der Waals surface area contributed by atoms with Crippen LogP contribution in [0.15, 0.2) is 43.2 Å². The lowest BCUT2D eigenvalue weighted by atomic mass is 10.2. The zero-order chi connectivity index (χ0) is 20.5. The summed E-state index contributed by atoms with van der Waals surface area (Å²) in [5.74, 6) is 0. The SMILES string of the molecule is CC(C)n1cc(-c2nc(-c3cnn(CCN4CCNCC4)c3)cn3nccc23)cn1. The maximum absolute atomic E-state index is 4.96. The van der Waals surface area contributed by atoms with Crippen LogP contribution in [0.3, 0.4) is 0 Å². The van der Waals surface area contributed by atoms with Gasteiger partial charge in [0.05, 0.1) is 48.2 Å². The fraction of sp³-hybridized carbons (Fsp3) is 0.429. The van der Waals surface area contributed by atoms with E-state index in [0.29, 0.717) is 6.04 Å². The van der Waals surface area contributed by atoms with Gasteiger partial charge < -0.3 is 5.32 Å². The van der Waals surface area contributed by atoms with Gasteiger partial charge in [-0.3, -0.25) is 14.3 Å². The quantitative estimate of drug-likeness (QED) is 0.528. The summed E-state index contributed by atoms with van der Waals surface area (Å²) in [5, 5.41) is 16.9. The van der Waals surface area contributed by atoms with Crippen LogP contribution in [0.4, 0.5) is 0 Å². The summed E-state index contributed by atoms with van der Waals surface area (Å²) < 4.78 is 5.83. The maximum Gasteiger partial charge on any atom is 0.0999 e. The van der Waals surface area contributed by atoms with Gasteiger partial charge in [-0.25, -0.2) is 9.50 Å². The lowest BCUT2D eigenvalue weighted by Gasteiger charge is -2.26. The first-order valence-electron chi connectivity index (χ1n) is 10.5. The third-order valence-corrected chi connectivity index (χ3v) is 5.58. The first kappa shape index (κ1) is 19.0. The Hall–Kier alpha value is -3.04. The first-order valence-corrected chi connectivity index (χ1v) is 10.5. The molecule has 0 atom stereocenters. The molecule has 1 fully saturated rings. The molecule has 0 saturated carbocycles. The highest BCUT2D eigenvalue weighted by atomic mass is 15.3. The predicted molar refractivity (Wildman–Crippen MR) is 115 cm³/mol. The van der Waals surface area contributed by atoms with E-state index in [-0.39, 0.29) is 0 Å². The van der Waals surface area contributed by atoms with Crippen LogP contribution in [0.25, 0.3) is 28.0 Å². The molecular weight excluding hydrogens is 378 g/mol. The molecule has 0 amide bonds. The van der Waals surface area contributed by atoms with Crippen molar-refractivity contribution in [2.75, 3.05) is 32.7 Å². The van der Waals surface area contributed by atoms with E-state index in [1.54, 1.807) is 6.20 Å². The summed E-state index contributed by atoms with van der Waals surface area (Å²) in [4.78, 5) is 7.43. The van der Waals surface area contributed by atoms with Gasteiger partial charge in [0, 0.05) is 62.3 Å². The Morgan fingerprint density at radius 1 is 0.967 bits per heavy atom. The van der Waals surface area contributed by atoms with E-state index in [1.165, 1.54) is 0 Å². The molecule has 0 aromatic carbocycles. The lowest BCUT2D eigenvalue weighted by molar-refractivity contribution is 0.229. The Kier molecular flexibility index (Phi) is 5.06. The first-order chi connectivity index (χ1) is 14.7. The van der Waals surface area contributed by atoms with Gasteiger partial charge in [-0.1, -0.05) is 0 Å². The Balaban J connectivity index is 1.42. The molecule has 9 nitrogen and oxygen atoms in total. The second-order valence-electron chi connectivity index (χ2n) is 8.02. The normalized spacial score (nSPS) is 15.4. The molecule has 4 aromatic rings. The number of hydrogen-bond acceptors (Lipinski definition) is 6. The van der Waals surface area contributed by atoms with Gasteiger partial charge >= 0.3 is 0 Å². The highest BCUT2D eigenvalue weighted by Crippen LogP contribution is 2.27. The van der Waals surface area contributed by atoms with Crippen LogP contribution in [0.5, 0.6) is 0 Å². The standard InChI is InChI=1S/C21H27N9/c1-16(2)29-14-18(12-25-29)21-20-3-4-23-30(20)15-19(26-21)17-11-24-28(13-17)10-9-27-7-5-22-6-8-27/h3-4,11-16,22H,5-10H2,1-2H3. The molecule has 5 rings (SSSR count). The van der Waals surface area contributed by atoms with Gasteiger partial charge in [0.2, 0.25) is 0 Å². The zero-order valence-corrected chi connectivity index (χ0v) is 17.4. The van der Waals surface area contributed by atoms with Gasteiger partial charge in [-0.15, -0.1) is 0 Å². The van der Waals surface area contributed by atoms with Crippen LogP contribution in [-0.2, 0) is 6.54 Å². The van der Waals surface area contributed by atoms with E-state index in [0.717, 1.165) is 67.3 Å². The minimum Gasteiger partial charge on any atom is -0.314 e. The number of nitrogens with one attached hydrogen (secondary N) is 1. The lowest BCUT2D eigenvalue weighted by Crippen LogP contribution is -2.44. The minimum atomic E-state index is 0.303.